The van der Waals surface area contributed by atoms with Crippen molar-refractivity contribution < 1.29 is 4.79 Å². The average Bonchev–Trinajstić information content (AvgIpc) is 2.78. The van der Waals surface area contributed by atoms with Crippen molar-refractivity contribution in [2.75, 3.05) is 5.32 Å². The molecule has 0 aliphatic carbocycles. The SMILES string of the molecule is CC(=O)Nc1cn2cc(-c3ccnc(Cl)n3)ccc2n1. The van der Waals surface area contributed by atoms with Gasteiger partial charge in [-0.1, -0.05) is 0 Å². The number of hydrogen-bond acceptors (Lipinski definition) is 4. The Morgan fingerprint density at radius 1 is 1.25 bits per heavy atom. The lowest BCUT2D eigenvalue weighted by molar-refractivity contribution is -0.114. The molecule has 1 N–H and O–H groups in total. The summed E-state index contributed by atoms with van der Waals surface area (Å²) in [6.45, 7) is 1.44. The van der Waals surface area contributed by atoms with Crippen LogP contribution in [0.15, 0.2) is 36.8 Å². The van der Waals surface area contributed by atoms with E-state index < -0.39 is 0 Å². The predicted octanol–water partition coefficient (Wildman–Crippen LogP) is 2.40. The zero-order chi connectivity index (χ0) is 14.1. The van der Waals surface area contributed by atoms with Gasteiger partial charge >= 0.3 is 0 Å². The van der Waals surface area contributed by atoms with Gasteiger partial charge in [0.2, 0.25) is 11.2 Å². The van der Waals surface area contributed by atoms with Crippen LogP contribution in [0.3, 0.4) is 0 Å². The topological polar surface area (TPSA) is 72.2 Å². The molecule has 0 fully saturated rings. The minimum absolute atomic E-state index is 0.156. The van der Waals surface area contributed by atoms with Crippen LogP contribution in [0.25, 0.3) is 16.9 Å². The van der Waals surface area contributed by atoms with E-state index in [1.165, 1.54) is 6.92 Å². The van der Waals surface area contributed by atoms with Gasteiger partial charge in [0, 0.05) is 24.9 Å². The van der Waals surface area contributed by atoms with E-state index in [-0.39, 0.29) is 11.2 Å². The Morgan fingerprint density at radius 3 is 2.85 bits per heavy atom. The van der Waals surface area contributed by atoms with E-state index in [0.717, 1.165) is 16.9 Å². The third kappa shape index (κ3) is 2.46. The molecule has 0 unspecified atom stereocenters. The maximum absolute atomic E-state index is 11.0. The van der Waals surface area contributed by atoms with Crippen molar-refractivity contribution in [2.45, 2.75) is 6.92 Å². The van der Waals surface area contributed by atoms with Crippen molar-refractivity contribution in [3.05, 3.63) is 42.1 Å². The molecule has 3 aromatic heterocycles. The lowest BCUT2D eigenvalue weighted by atomic mass is 10.2. The first-order chi connectivity index (χ1) is 9.61. The lowest BCUT2D eigenvalue weighted by Gasteiger charge is -2.01. The van der Waals surface area contributed by atoms with Gasteiger partial charge in [-0.15, -0.1) is 0 Å². The van der Waals surface area contributed by atoms with Crippen LogP contribution in [-0.4, -0.2) is 25.3 Å². The second-order valence-electron chi connectivity index (χ2n) is 4.20. The number of carbonyl (C=O) groups is 1. The summed E-state index contributed by atoms with van der Waals surface area (Å²) in [4.78, 5) is 23.3. The third-order valence-corrected chi connectivity index (χ3v) is 2.86. The zero-order valence-electron chi connectivity index (χ0n) is 10.5. The molecule has 0 spiro atoms. The quantitative estimate of drug-likeness (QED) is 0.735. The Bertz CT molecular complexity index is 798. The summed E-state index contributed by atoms with van der Waals surface area (Å²) in [7, 11) is 0. The minimum atomic E-state index is -0.156. The van der Waals surface area contributed by atoms with Crippen LogP contribution < -0.4 is 5.32 Å². The van der Waals surface area contributed by atoms with Gasteiger partial charge in [-0.2, -0.15) is 0 Å². The summed E-state index contributed by atoms with van der Waals surface area (Å²) < 4.78 is 1.82. The Kier molecular flexibility index (Phi) is 3.08. The summed E-state index contributed by atoms with van der Waals surface area (Å²) in [6, 6.07) is 5.51. The van der Waals surface area contributed by atoms with Crippen LogP contribution in [0.1, 0.15) is 6.92 Å². The van der Waals surface area contributed by atoms with Crippen molar-refractivity contribution in [3.8, 4) is 11.3 Å². The molecule has 6 nitrogen and oxygen atoms in total. The van der Waals surface area contributed by atoms with Crippen molar-refractivity contribution in [2.24, 2.45) is 0 Å². The highest BCUT2D eigenvalue weighted by atomic mass is 35.5. The molecule has 0 radical (unpaired) electrons. The van der Waals surface area contributed by atoms with E-state index in [9.17, 15) is 4.79 Å². The fourth-order valence-electron chi connectivity index (χ4n) is 1.88. The molecule has 0 aliphatic rings. The number of rotatable bonds is 2. The molecule has 0 bridgehead atoms. The first kappa shape index (κ1) is 12.6. The van der Waals surface area contributed by atoms with Crippen LogP contribution in [-0.2, 0) is 4.79 Å². The molecule has 0 aromatic carbocycles. The second kappa shape index (κ2) is 4.90. The molecule has 3 rings (SSSR count). The smallest absolute Gasteiger partial charge is 0.222 e. The van der Waals surface area contributed by atoms with Crippen LogP contribution in [0.5, 0.6) is 0 Å². The highest BCUT2D eigenvalue weighted by Crippen LogP contribution is 2.19. The van der Waals surface area contributed by atoms with E-state index in [1.807, 2.05) is 22.7 Å². The fourth-order valence-corrected chi connectivity index (χ4v) is 2.03. The third-order valence-electron chi connectivity index (χ3n) is 2.68. The number of imidazole rings is 1. The van der Waals surface area contributed by atoms with Crippen molar-refractivity contribution >= 4 is 29.0 Å². The van der Waals surface area contributed by atoms with Gasteiger partial charge in [-0.25, -0.2) is 15.0 Å². The van der Waals surface area contributed by atoms with Crippen molar-refractivity contribution in [1.82, 2.24) is 19.4 Å². The summed E-state index contributed by atoms with van der Waals surface area (Å²) in [5.41, 5.74) is 2.34. The minimum Gasteiger partial charge on any atom is -0.310 e. The first-order valence-electron chi connectivity index (χ1n) is 5.87. The molecule has 20 heavy (non-hydrogen) atoms. The maximum atomic E-state index is 11.0. The second-order valence-corrected chi connectivity index (χ2v) is 4.54. The van der Waals surface area contributed by atoms with E-state index >= 15 is 0 Å². The number of halogens is 1. The summed E-state index contributed by atoms with van der Waals surface area (Å²) in [5, 5.41) is 2.85. The van der Waals surface area contributed by atoms with Crippen LogP contribution in [0, 0.1) is 0 Å². The normalized spacial score (nSPS) is 10.7. The highest BCUT2D eigenvalue weighted by Gasteiger charge is 2.06. The van der Waals surface area contributed by atoms with Crippen LogP contribution in [0.4, 0.5) is 5.82 Å². The Labute approximate surface area is 119 Å². The largest absolute Gasteiger partial charge is 0.310 e. The monoisotopic (exact) mass is 287 g/mol. The number of carbonyl (C=O) groups excluding carboxylic acids is 1. The van der Waals surface area contributed by atoms with Crippen molar-refractivity contribution in [3.63, 3.8) is 0 Å². The van der Waals surface area contributed by atoms with Crippen molar-refractivity contribution in [1.29, 1.82) is 0 Å². The molecule has 0 atom stereocenters. The molecule has 7 heteroatoms. The maximum Gasteiger partial charge on any atom is 0.222 e. The first-order valence-corrected chi connectivity index (χ1v) is 6.25. The highest BCUT2D eigenvalue weighted by molar-refractivity contribution is 6.28. The van der Waals surface area contributed by atoms with Gasteiger partial charge < -0.3 is 9.72 Å². The number of fused-ring (bicyclic) bond motifs is 1. The summed E-state index contributed by atoms with van der Waals surface area (Å²) in [6.07, 6.45) is 5.21. The average molecular weight is 288 g/mol. The van der Waals surface area contributed by atoms with Gasteiger partial charge in [-0.05, 0) is 29.8 Å². The number of nitrogens with one attached hydrogen (secondary N) is 1. The van der Waals surface area contributed by atoms with Gasteiger partial charge in [0.05, 0.1) is 11.9 Å². The lowest BCUT2D eigenvalue weighted by Crippen LogP contribution is -2.05. The Morgan fingerprint density at radius 2 is 2.10 bits per heavy atom. The number of anilines is 1. The molecule has 100 valence electrons. The molecular formula is C13H10ClN5O. The Balaban J connectivity index is 2.04. The molecule has 3 aromatic rings. The number of hydrogen-bond donors (Lipinski definition) is 1. The zero-order valence-corrected chi connectivity index (χ0v) is 11.3. The summed E-state index contributed by atoms with van der Waals surface area (Å²) in [5.74, 6) is 0.353. The van der Waals surface area contributed by atoms with Gasteiger partial charge in [-0.3, -0.25) is 4.79 Å². The molecule has 1 amide bonds. The molecule has 0 saturated carbocycles. The number of nitrogens with zero attached hydrogens (tertiary/aromatic N) is 4. The van der Waals surface area contributed by atoms with E-state index in [0.29, 0.717) is 5.82 Å². The van der Waals surface area contributed by atoms with Gasteiger partial charge in [0.15, 0.2) is 5.82 Å². The molecule has 3 heterocycles. The van der Waals surface area contributed by atoms with Crippen LogP contribution in [0.2, 0.25) is 5.28 Å². The number of pyridine rings is 1. The van der Waals surface area contributed by atoms with Gasteiger partial charge in [0.1, 0.15) is 5.65 Å². The van der Waals surface area contributed by atoms with E-state index in [4.69, 9.17) is 11.6 Å². The fraction of sp³-hybridized carbons (Fsp3) is 0.0769. The van der Waals surface area contributed by atoms with Gasteiger partial charge in [0.25, 0.3) is 0 Å². The van der Waals surface area contributed by atoms with E-state index in [2.05, 4.69) is 20.3 Å². The summed E-state index contributed by atoms with van der Waals surface area (Å²) >= 11 is 5.79. The molecular weight excluding hydrogens is 278 g/mol. The molecule has 0 saturated heterocycles. The Hall–Kier alpha value is -2.47. The van der Waals surface area contributed by atoms with Crippen LogP contribution >= 0.6 is 11.6 Å². The number of aromatic nitrogens is 4. The number of amides is 1. The standard InChI is InChI=1S/C13H10ClN5O/c1-8(20)16-11-7-19-6-9(2-3-12(19)18-11)10-4-5-15-13(14)17-10/h2-7H,1H3,(H,16,20). The predicted molar refractivity (Wildman–Crippen MR) is 75.5 cm³/mol. The van der Waals surface area contributed by atoms with E-state index in [1.54, 1.807) is 18.5 Å². The molecule has 0 aliphatic heterocycles.